The van der Waals surface area contributed by atoms with Gasteiger partial charge in [0.05, 0.1) is 7.11 Å². The Morgan fingerprint density at radius 2 is 1.67 bits per heavy atom. The zero-order valence-corrected chi connectivity index (χ0v) is 13.4. The van der Waals surface area contributed by atoms with Crippen molar-refractivity contribution in [1.82, 2.24) is 5.32 Å². The molecule has 0 aliphatic heterocycles. The Morgan fingerprint density at radius 3 is 2.05 bits per heavy atom. The molecule has 21 heavy (non-hydrogen) atoms. The summed E-state index contributed by atoms with van der Waals surface area (Å²) in [5.74, 6) is -0.722. The van der Waals surface area contributed by atoms with Crippen LogP contribution in [0.2, 0.25) is 0 Å². The van der Waals surface area contributed by atoms with E-state index in [1.807, 2.05) is 27.7 Å². The lowest BCUT2D eigenvalue weighted by molar-refractivity contribution is -0.148. The fourth-order valence-electron chi connectivity index (χ4n) is 2.36. The molecule has 0 aromatic heterocycles. The van der Waals surface area contributed by atoms with Crippen LogP contribution in [0.15, 0.2) is 12.1 Å². The summed E-state index contributed by atoms with van der Waals surface area (Å²) < 4.78 is 4.83. The third kappa shape index (κ3) is 3.35. The van der Waals surface area contributed by atoms with Gasteiger partial charge in [-0.1, -0.05) is 13.8 Å². The van der Waals surface area contributed by atoms with Gasteiger partial charge in [0.15, 0.2) is 0 Å². The van der Waals surface area contributed by atoms with Crippen molar-refractivity contribution in [3.63, 3.8) is 0 Å². The van der Waals surface area contributed by atoms with E-state index < -0.39 is 11.5 Å². The predicted octanol–water partition coefficient (Wildman–Crippen LogP) is 2.35. The van der Waals surface area contributed by atoms with Crippen LogP contribution in [-0.2, 0) is 9.53 Å². The first kappa shape index (κ1) is 17.0. The third-order valence-electron chi connectivity index (χ3n) is 3.99. The Hall–Kier alpha value is -2.04. The Balaban J connectivity index is 3.11. The zero-order chi connectivity index (χ0) is 16.2. The Morgan fingerprint density at radius 1 is 1.19 bits per heavy atom. The van der Waals surface area contributed by atoms with Crippen LogP contribution in [-0.4, -0.2) is 24.5 Å². The Bertz CT molecular complexity index is 525. The number of hydrogen-bond donors (Lipinski definition) is 2. The average molecular weight is 292 g/mol. The van der Waals surface area contributed by atoms with Crippen molar-refractivity contribution < 1.29 is 14.3 Å². The van der Waals surface area contributed by atoms with Crippen LogP contribution in [0.3, 0.4) is 0 Å². The highest BCUT2D eigenvalue weighted by Crippen LogP contribution is 2.21. The van der Waals surface area contributed by atoms with Gasteiger partial charge in [-0.05, 0) is 49.9 Å². The normalized spacial score (nSPS) is 11.1. The van der Waals surface area contributed by atoms with Crippen LogP contribution in [0.25, 0.3) is 0 Å². The number of benzene rings is 1. The third-order valence-corrected chi connectivity index (χ3v) is 3.99. The molecule has 0 fully saturated rings. The lowest BCUT2D eigenvalue weighted by atomic mass is 9.92. The molecule has 0 heterocycles. The summed E-state index contributed by atoms with van der Waals surface area (Å²) in [5, 5.41) is 2.82. The van der Waals surface area contributed by atoms with Crippen LogP contribution in [0.1, 0.15) is 48.2 Å². The topological polar surface area (TPSA) is 81.4 Å². The highest BCUT2D eigenvalue weighted by molar-refractivity contribution is 5.98. The number of rotatable bonds is 5. The van der Waals surface area contributed by atoms with Crippen molar-refractivity contribution in [2.75, 3.05) is 12.8 Å². The van der Waals surface area contributed by atoms with Crippen molar-refractivity contribution in [3.05, 3.63) is 28.8 Å². The summed E-state index contributed by atoms with van der Waals surface area (Å²) in [6.07, 6.45) is 0.934. The zero-order valence-electron chi connectivity index (χ0n) is 13.4. The number of ether oxygens (including phenoxy) is 1. The highest BCUT2D eigenvalue weighted by Gasteiger charge is 2.37. The van der Waals surface area contributed by atoms with E-state index >= 15 is 0 Å². The van der Waals surface area contributed by atoms with Crippen molar-refractivity contribution in [2.45, 2.75) is 46.1 Å². The van der Waals surface area contributed by atoms with E-state index in [9.17, 15) is 9.59 Å². The van der Waals surface area contributed by atoms with Gasteiger partial charge in [0.2, 0.25) is 0 Å². The fraction of sp³-hybridized carbons (Fsp3) is 0.500. The molecule has 0 bridgehead atoms. The largest absolute Gasteiger partial charge is 0.467 e. The van der Waals surface area contributed by atoms with Gasteiger partial charge in [0, 0.05) is 11.3 Å². The van der Waals surface area contributed by atoms with Crippen LogP contribution < -0.4 is 11.1 Å². The van der Waals surface area contributed by atoms with Gasteiger partial charge in [0.1, 0.15) is 5.54 Å². The summed E-state index contributed by atoms with van der Waals surface area (Å²) in [7, 11) is 1.33. The minimum Gasteiger partial charge on any atom is -0.467 e. The SMILES string of the molecule is CCC(CC)(NC(=O)c1cc(C)c(N)c(C)c1)C(=O)OC. The standard InChI is InChI=1S/C16H24N2O3/c1-6-16(7-2,15(20)21-5)18-14(19)12-8-10(3)13(17)11(4)9-12/h8-9H,6-7,17H2,1-5H3,(H,18,19). The molecular formula is C16H24N2O3. The van der Waals surface area contributed by atoms with E-state index in [-0.39, 0.29) is 5.91 Å². The number of nitrogens with two attached hydrogens (primary N) is 1. The number of aryl methyl sites for hydroxylation is 2. The molecule has 0 unspecified atom stereocenters. The van der Waals surface area contributed by atoms with Gasteiger partial charge in [-0.25, -0.2) is 4.79 Å². The van der Waals surface area contributed by atoms with E-state index in [2.05, 4.69) is 5.32 Å². The number of methoxy groups -OCH3 is 1. The highest BCUT2D eigenvalue weighted by atomic mass is 16.5. The molecule has 0 aliphatic carbocycles. The maximum absolute atomic E-state index is 12.5. The van der Waals surface area contributed by atoms with E-state index in [0.29, 0.717) is 24.1 Å². The maximum atomic E-state index is 12.5. The molecule has 1 amide bonds. The van der Waals surface area contributed by atoms with Crippen LogP contribution >= 0.6 is 0 Å². The summed E-state index contributed by atoms with van der Waals surface area (Å²) in [5.41, 5.74) is 7.76. The second-order valence-electron chi connectivity index (χ2n) is 5.26. The number of esters is 1. The average Bonchev–Trinajstić information content (AvgIpc) is 2.48. The number of anilines is 1. The summed E-state index contributed by atoms with van der Waals surface area (Å²) >= 11 is 0. The minimum atomic E-state index is -0.991. The predicted molar refractivity (Wildman–Crippen MR) is 83.1 cm³/mol. The molecule has 5 nitrogen and oxygen atoms in total. The van der Waals surface area contributed by atoms with Crippen LogP contribution in [0.4, 0.5) is 5.69 Å². The maximum Gasteiger partial charge on any atom is 0.331 e. The molecule has 0 aliphatic rings. The van der Waals surface area contributed by atoms with Gasteiger partial charge in [0.25, 0.3) is 5.91 Å². The van der Waals surface area contributed by atoms with E-state index in [4.69, 9.17) is 10.5 Å². The van der Waals surface area contributed by atoms with Crippen molar-refractivity contribution in [2.24, 2.45) is 0 Å². The van der Waals surface area contributed by atoms with E-state index in [1.54, 1.807) is 12.1 Å². The smallest absolute Gasteiger partial charge is 0.331 e. The molecule has 3 N–H and O–H groups in total. The fourth-order valence-corrected chi connectivity index (χ4v) is 2.36. The lowest BCUT2D eigenvalue weighted by Crippen LogP contribution is -2.54. The Labute approximate surface area is 125 Å². The van der Waals surface area contributed by atoms with Crippen molar-refractivity contribution >= 4 is 17.6 Å². The number of carbonyl (C=O) groups is 2. The molecule has 0 saturated carbocycles. The summed E-state index contributed by atoms with van der Waals surface area (Å²) in [4.78, 5) is 24.4. The second-order valence-corrected chi connectivity index (χ2v) is 5.26. The molecule has 0 saturated heterocycles. The molecule has 1 rings (SSSR count). The van der Waals surface area contributed by atoms with Gasteiger partial charge in [-0.3, -0.25) is 4.79 Å². The number of hydrogen-bond acceptors (Lipinski definition) is 4. The molecule has 0 atom stereocenters. The number of carbonyl (C=O) groups excluding carboxylic acids is 2. The van der Waals surface area contributed by atoms with Crippen molar-refractivity contribution in [1.29, 1.82) is 0 Å². The second kappa shape index (κ2) is 6.61. The first-order valence-electron chi connectivity index (χ1n) is 7.09. The minimum absolute atomic E-state index is 0.296. The quantitative estimate of drug-likeness (QED) is 0.644. The van der Waals surface area contributed by atoms with E-state index in [0.717, 1.165) is 11.1 Å². The van der Waals surface area contributed by atoms with Gasteiger partial charge in [-0.2, -0.15) is 0 Å². The van der Waals surface area contributed by atoms with Gasteiger partial charge >= 0.3 is 5.97 Å². The molecule has 5 heteroatoms. The lowest BCUT2D eigenvalue weighted by Gasteiger charge is -2.29. The molecule has 0 spiro atoms. The monoisotopic (exact) mass is 292 g/mol. The van der Waals surface area contributed by atoms with Gasteiger partial charge in [-0.15, -0.1) is 0 Å². The molecular weight excluding hydrogens is 268 g/mol. The van der Waals surface area contributed by atoms with Crippen LogP contribution in [0, 0.1) is 13.8 Å². The molecule has 1 aromatic rings. The Kier molecular flexibility index (Phi) is 5.35. The first-order chi connectivity index (χ1) is 9.81. The molecule has 116 valence electrons. The molecule has 0 radical (unpaired) electrons. The summed E-state index contributed by atoms with van der Waals surface area (Å²) in [6, 6.07) is 3.45. The molecule has 1 aromatic carbocycles. The summed E-state index contributed by atoms with van der Waals surface area (Å²) in [6.45, 7) is 7.40. The van der Waals surface area contributed by atoms with Crippen molar-refractivity contribution in [3.8, 4) is 0 Å². The van der Waals surface area contributed by atoms with E-state index in [1.165, 1.54) is 7.11 Å². The number of amides is 1. The number of nitrogens with one attached hydrogen (secondary N) is 1. The van der Waals surface area contributed by atoms with Crippen LogP contribution in [0.5, 0.6) is 0 Å². The van der Waals surface area contributed by atoms with Gasteiger partial charge < -0.3 is 15.8 Å². The number of nitrogen functional groups attached to an aromatic ring is 1. The first-order valence-corrected chi connectivity index (χ1v) is 7.09.